The number of benzene rings is 3. The van der Waals surface area contributed by atoms with Crippen molar-refractivity contribution in [3.63, 3.8) is 0 Å². The maximum Gasteiger partial charge on any atom is 0.338 e. The fourth-order valence-corrected chi connectivity index (χ4v) is 3.75. The molecule has 0 saturated carbocycles. The minimum Gasteiger partial charge on any atom is -0.462 e. The summed E-state index contributed by atoms with van der Waals surface area (Å²) >= 11 is 12.0. The largest absolute Gasteiger partial charge is 0.462 e. The SMILES string of the molecule is CCOC(=O)c1ccc(COC(=O)c2cccc(N3C(=O)c4cc(Cl)c(Cl)cc4C3=O)c2)cc1. The quantitative estimate of drug-likeness (QED) is 0.337. The summed E-state index contributed by atoms with van der Waals surface area (Å²) in [4.78, 5) is 51.0. The van der Waals surface area contributed by atoms with Gasteiger partial charge in [0.05, 0.1) is 44.6 Å². The summed E-state index contributed by atoms with van der Waals surface area (Å²) in [6.45, 7) is 1.97. The maximum absolute atomic E-state index is 12.8. The molecule has 1 aliphatic heterocycles. The molecule has 0 aliphatic carbocycles. The summed E-state index contributed by atoms with van der Waals surface area (Å²) in [6, 6.07) is 15.2. The minimum atomic E-state index is -0.640. The molecule has 0 aromatic heterocycles. The second-order valence-corrected chi connectivity index (χ2v) is 8.12. The van der Waals surface area contributed by atoms with Crippen molar-refractivity contribution >= 4 is 52.6 Å². The number of amides is 2. The Bertz CT molecular complexity index is 1280. The van der Waals surface area contributed by atoms with E-state index in [1.165, 1.54) is 30.3 Å². The third-order valence-corrected chi connectivity index (χ3v) is 5.82. The van der Waals surface area contributed by atoms with Crippen LogP contribution in [0.3, 0.4) is 0 Å². The predicted molar refractivity (Wildman–Crippen MR) is 126 cm³/mol. The van der Waals surface area contributed by atoms with E-state index in [1.54, 1.807) is 37.3 Å². The van der Waals surface area contributed by atoms with E-state index in [4.69, 9.17) is 32.7 Å². The molecule has 0 saturated heterocycles. The Morgan fingerprint density at radius 2 is 1.38 bits per heavy atom. The van der Waals surface area contributed by atoms with Gasteiger partial charge < -0.3 is 9.47 Å². The van der Waals surface area contributed by atoms with Crippen LogP contribution in [0.15, 0.2) is 60.7 Å². The van der Waals surface area contributed by atoms with Crippen molar-refractivity contribution in [1.82, 2.24) is 0 Å². The van der Waals surface area contributed by atoms with E-state index >= 15 is 0 Å². The maximum atomic E-state index is 12.8. The number of rotatable bonds is 6. The molecular formula is C25H17Cl2NO6. The van der Waals surface area contributed by atoms with Crippen LogP contribution < -0.4 is 4.90 Å². The van der Waals surface area contributed by atoms with Crippen molar-refractivity contribution in [2.75, 3.05) is 11.5 Å². The highest BCUT2D eigenvalue weighted by atomic mass is 35.5. The Labute approximate surface area is 204 Å². The molecule has 1 aliphatic rings. The molecule has 0 N–H and O–H groups in total. The average Bonchev–Trinajstić information content (AvgIpc) is 3.07. The Hall–Kier alpha value is -3.68. The van der Waals surface area contributed by atoms with Crippen molar-refractivity contribution in [3.05, 3.63) is 98.5 Å². The van der Waals surface area contributed by atoms with E-state index in [9.17, 15) is 19.2 Å². The number of anilines is 1. The van der Waals surface area contributed by atoms with Gasteiger partial charge in [-0.25, -0.2) is 14.5 Å². The molecule has 0 fully saturated rings. The zero-order chi connectivity index (χ0) is 24.4. The number of ether oxygens (including phenoxy) is 2. The number of esters is 2. The van der Waals surface area contributed by atoms with Gasteiger partial charge in [0.2, 0.25) is 0 Å². The number of fused-ring (bicyclic) bond motifs is 1. The fraction of sp³-hybridized carbons (Fsp3) is 0.120. The van der Waals surface area contributed by atoms with Crippen LogP contribution in [0.25, 0.3) is 0 Å². The molecule has 4 rings (SSSR count). The molecule has 0 radical (unpaired) electrons. The van der Waals surface area contributed by atoms with Gasteiger partial charge in [-0.05, 0) is 55.0 Å². The van der Waals surface area contributed by atoms with Gasteiger partial charge in [-0.2, -0.15) is 0 Å². The second-order valence-electron chi connectivity index (χ2n) is 7.30. The molecule has 9 heteroatoms. The molecule has 3 aromatic rings. The van der Waals surface area contributed by atoms with Gasteiger partial charge in [-0.1, -0.05) is 41.4 Å². The van der Waals surface area contributed by atoms with Crippen LogP contribution >= 0.6 is 23.2 Å². The van der Waals surface area contributed by atoms with Crippen LogP contribution in [0.1, 0.15) is 53.9 Å². The summed E-state index contributed by atoms with van der Waals surface area (Å²) in [7, 11) is 0. The molecule has 172 valence electrons. The third-order valence-electron chi connectivity index (χ3n) is 5.10. The normalized spacial score (nSPS) is 12.5. The van der Waals surface area contributed by atoms with Gasteiger partial charge in [0.15, 0.2) is 0 Å². The topological polar surface area (TPSA) is 90.0 Å². The smallest absolute Gasteiger partial charge is 0.338 e. The summed E-state index contributed by atoms with van der Waals surface area (Å²) in [5.74, 6) is -2.20. The van der Waals surface area contributed by atoms with Crippen LogP contribution in [0.2, 0.25) is 10.0 Å². The zero-order valence-corrected chi connectivity index (χ0v) is 19.4. The van der Waals surface area contributed by atoms with Gasteiger partial charge >= 0.3 is 11.9 Å². The number of carbonyl (C=O) groups excluding carboxylic acids is 4. The Morgan fingerprint density at radius 1 is 0.794 bits per heavy atom. The lowest BCUT2D eigenvalue weighted by molar-refractivity contribution is 0.0469. The van der Waals surface area contributed by atoms with Crippen LogP contribution in [0.5, 0.6) is 0 Å². The molecule has 7 nitrogen and oxygen atoms in total. The first-order chi connectivity index (χ1) is 16.3. The van der Waals surface area contributed by atoms with Gasteiger partial charge in [-0.15, -0.1) is 0 Å². The van der Waals surface area contributed by atoms with Crippen molar-refractivity contribution in [1.29, 1.82) is 0 Å². The Balaban J connectivity index is 1.47. The monoisotopic (exact) mass is 497 g/mol. The third kappa shape index (κ3) is 4.53. The van der Waals surface area contributed by atoms with E-state index in [0.717, 1.165) is 4.90 Å². The van der Waals surface area contributed by atoms with E-state index < -0.39 is 23.8 Å². The van der Waals surface area contributed by atoms with Crippen LogP contribution in [-0.2, 0) is 16.1 Å². The van der Waals surface area contributed by atoms with Crippen molar-refractivity contribution in [3.8, 4) is 0 Å². The number of hydrogen-bond acceptors (Lipinski definition) is 6. The number of nitrogens with zero attached hydrogens (tertiary/aromatic N) is 1. The van der Waals surface area contributed by atoms with Crippen LogP contribution in [0.4, 0.5) is 5.69 Å². The number of imide groups is 1. The van der Waals surface area contributed by atoms with Crippen molar-refractivity contribution in [2.24, 2.45) is 0 Å². The molecule has 0 unspecified atom stereocenters. The number of hydrogen-bond donors (Lipinski definition) is 0. The highest BCUT2D eigenvalue weighted by Gasteiger charge is 2.37. The first-order valence-corrected chi connectivity index (χ1v) is 11.0. The summed E-state index contributed by atoms with van der Waals surface area (Å²) < 4.78 is 10.3. The number of halogens is 2. The lowest BCUT2D eigenvalue weighted by Crippen LogP contribution is -2.29. The van der Waals surface area contributed by atoms with E-state index in [0.29, 0.717) is 11.1 Å². The van der Waals surface area contributed by atoms with E-state index in [-0.39, 0.29) is 45.6 Å². The summed E-state index contributed by atoms with van der Waals surface area (Å²) in [5.41, 5.74) is 1.72. The van der Waals surface area contributed by atoms with E-state index in [1.807, 2.05) is 0 Å². The summed E-state index contributed by atoms with van der Waals surface area (Å²) in [5, 5.41) is 0.326. The minimum absolute atomic E-state index is 0.0316. The van der Waals surface area contributed by atoms with Gasteiger partial charge in [0.25, 0.3) is 11.8 Å². The van der Waals surface area contributed by atoms with Gasteiger partial charge in [-0.3, -0.25) is 9.59 Å². The molecule has 0 bridgehead atoms. The van der Waals surface area contributed by atoms with Crippen LogP contribution in [-0.4, -0.2) is 30.4 Å². The van der Waals surface area contributed by atoms with Gasteiger partial charge in [0, 0.05) is 0 Å². The molecule has 34 heavy (non-hydrogen) atoms. The predicted octanol–water partition coefficient (Wildman–Crippen LogP) is 5.33. The van der Waals surface area contributed by atoms with Crippen molar-refractivity contribution in [2.45, 2.75) is 13.5 Å². The highest BCUT2D eigenvalue weighted by Crippen LogP contribution is 2.34. The van der Waals surface area contributed by atoms with Crippen LogP contribution in [0, 0.1) is 0 Å². The molecule has 3 aromatic carbocycles. The molecule has 0 spiro atoms. The molecule has 0 atom stereocenters. The molecule has 2 amide bonds. The molecular weight excluding hydrogens is 481 g/mol. The average molecular weight is 498 g/mol. The highest BCUT2D eigenvalue weighted by molar-refractivity contribution is 6.44. The Morgan fingerprint density at radius 3 is 1.97 bits per heavy atom. The Kier molecular flexibility index (Phi) is 6.68. The summed E-state index contributed by atoms with van der Waals surface area (Å²) in [6.07, 6.45) is 0. The lowest BCUT2D eigenvalue weighted by Gasteiger charge is -2.15. The lowest BCUT2D eigenvalue weighted by atomic mass is 10.1. The number of carbonyl (C=O) groups is 4. The second kappa shape index (κ2) is 9.67. The van der Waals surface area contributed by atoms with E-state index in [2.05, 4.69) is 0 Å². The zero-order valence-electron chi connectivity index (χ0n) is 17.8. The fourth-order valence-electron chi connectivity index (χ4n) is 3.42. The van der Waals surface area contributed by atoms with Gasteiger partial charge in [0.1, 0.15) is 6.61 Å². The first-order valence-electron chi connectivity index (χ1n) is 10.2. The first kappa shape index (κ1) is 23.5. The standard InChI is InChI=1S/C25H17Cl2NO6/c1-2-33-24(31)15-8-6-14(7-9-15)13-34-25(32)16-4-3-5-17(10-16)28-22(29)18-11-20(26)21(27)12-19(18)23(28)30/h3-12H,2,13H2,1H3. The van der Waals surface area contributed by atoms with Crippen molar-refractivity contribution < 1.29 is 28.7 Å². The molecule has 1 heterocycles.